The molecule has 4 aromatic heterocycles. The van der Waals surface area contributed by atoms with E-state index in [1.165, 1.54) is 19.5 Å². The summed E-state index contributed by atoms with van der Waals surface area (Å²) in [6, 6.07) is 28.3. The quantitative estimate of drug-likeness (QED) is 0.147. The zero-order valence-electron chi connectivity index (χ0n) is 23.7. The van der Waals surface area contributed by atoms with Crippen LogP contribution in [-0.4, -0.2) is 35.7 Å². The van der Waals surface area contributed by atoms with Gasteiger partial charge in [0.25, 0.3) is 0 Å². The average Bonchev–Trinajstić information content (AvgIpc) is 3.81. The molecule has 0 saturated heterocycles. The first-order valence-electron chi connectivity index (χ1n) is 13.8. The smallest absolute Gasteiger partial charge is 0.124 e. The van der Waals surface area contributed by atoms with E-state index >= 15 is 0 Å². The van der Waals surface area contributed by atoms with Crippen molar-refractivity contribution in [3.63, 3.8) is 0 Å². The summed E-state index contributed by atoms with van der Waals surface area (Å²) >= 11 is 6.96. The van der Waals surface area contributed by atoms with Crippen LogP contribution in [0.5, 0.6) is 11.5 Å². The molecule has 0 fully saturated rings. The number of nitrogens with zero attached hydrogens (tertiary/aromatic N) is 2. The molecular weight excluding hydrogens is 609 g/mol. The summed E-state index contributed by atoms with van der Waals surface area (Å²) in [5.74, 6) is 0.420. The van der Waals surface area contributed by atoms with Crippen LogP contribution >= 0.6 is 45.3 Å². The van der Waals surface area contributed by atoms with Crippen LogP contribution in [0.2, 0.25) is 0 Å². The van der Waals surface area contributed by atoms with Crippen molar-refractivity contribution in [2.45, 2.75) is 13.8 Å². The minimum atomic E-state index is -0.208. The summed E-state index contributed by atoms with van der Waals surface area (Å²) in [4.78, 5) is 16.7. The van der Waals surface area contributed by atoms with Gasteiger partial charge in [0.2, 0.25) is 0 Å². The molecule has 4 nitrogen and oxygen atoms in total. The lowest BCUT2D eigenvalue weighted by Gasteiger charge is -2.19. The molecule has 0 atom stereocenters. The highest BCUT2D eigenvalue weighted by Gasteiger charge is 2.17. The van der Waals surface area contributed by atoms with Crippen LogP contribution in [0.25, 0.3) is 40.4 Å². The molecule has 6 rings (SSSR count). The Kier molecular flexibility index (Phi) is 8.72. The maximum absolute atomic E-state index is 10.5. The summed E-state index contributed by atoms with van der Waals surface area (Å²) in [7, 11) is 0. The van der Waals surface area contributed by atoms with Crippen LogP contribution in [0.15, 0.2) is 106 Å². The summed E-state index contributed by atoms with van der Waals surface area (Å²) in [6.07, 6.45) is 3.50. The minimum Gasteiger partial charge on any atom is -0.507 e. The van der Waals surface area contributed by atoms with Crippen LogP contribution in [0.4, 0.5) is 0 Å². The molecule has 0 radical (unpaired) electrons. The van der Waals surface area contributed by atoms with E-state index in [1.54, 1.807) is 69.9 Å². The first kappa shape index (κ1) is 29.3. The number of thiophene rings is 4. The topological polar surface area (TPSA) is 65.2 Å². The lowest BCUT2D eigenvalue weighted by molar-refractivity contribution is 0.396. The molecule has 2 aromatic carbocycles. The summed E-state index contributed by atoms with van der Waals surface area (Å²) in [5.41, 5.74) is 3.30. The molecule has 6 aromatic rings. The Morgan fingerprint density at radius 1 is 0.581 bits per heavy atom. The van der Waals surface area contributed by atoms with Crippen molar-refractivity contribution in [3.8, 4) is 51.9 Å². The van der Waals surface area contributed by atoms with E-state index in [0.717, 1.165) is 20.9 Å². The van der Waals surface area contributed by atoms with Crippen molar-refractivity contribution in [3.05, 3.63) is 107 Å². The molecule has 0 amide bonds. The van der Waals surface area contributed by atoms with Gasteiger partial charge in [-0.05, 0) is 94.7 Å². The second-order valence-electron chi connectivity index (χ2n) is 10.9. The molecule has 0 aliphatic carbocycles. The lowest BCUT2D eigenvalue weighted by atomic mass is 9.94. The third kappa shape index (κ3) is 7.05. The van der Waals surface area contributed by atoms with Gasteiger partial charge in [0.15, 0.2) is 0 Å². The molecule has 0 spiro atoms. The number of aliphatic imine (C=N–C) groups is 2. The number of hydrogen-bond donors (Lipinski definition) is 2. The van der Waals surface area contributed by atoms with Gasteiger partial charge in [-0.2, -0.15) is 0 Å². The van der Waals surface area contributed by atoms with Crippen LogP contribution in [-0.2, 0) is 0 Å². The first-order valence-corrected chi connectivity index (χ1v) is 17.2. The summed E-state index contributed by atoms with van der Waals surface area (Å²) < 4.78 is 0. The fourth-order valence-corrected chi connectivity index (χ4v) is 8.22. The normalized spacial score (nSPS) is 12.1. The Labute approximate surface area is 267 Å². The largest absolute Gasteiger partial charge is 0.507 e. The molecular formula is C35H30N2O2S4. The van der Waals surface area contributed by atoms with Gasteiger partial charge >= 0.3 is 0 Å². The highest BCUT2D eigenvalue weighted by Crippen LogP contribution is 2.39. The van der Waals surface area contributed by atoms with Gasteiger partial charge in [-0.1, -0.05) is 26.0 Å². The van der Waals surface area contributed by atoms with Crippen molar-refractivity contribution in [2.75, 3.05) is 13.1 Å². The maximum Gasteiger partial charge on any atom is 0.124 e. The third-order valence-electron chi connectivity index (χ3n) is 6.86. The fourth-order valence-electron chi connectivity index (χ4n) is 4.54. The van der Waals surface area contributed by atoms with E-state index in [0.29, 0.717) is 24.2 Å². The highest BCUT2D eigenvalue weighted by atomic mass is 32.1. The number of phenolic OH excluding ortho intramolecular Hbond substituents is 2. The molecule has 0 saturated carbocycles. The van der Waals surface area contributed by atoms with Gasteiger partial charge in [0.1, 0.15) is 11.5 Å². The average molecular weight is 639 g/mol. The van der Waals surface area contributed by atoms with Gasteiger partial charge in [0.05, 0.1) is 0 Å². The van der Waals surface area contributed by atoms with E-state index in [1.807, 2.05) is 24.3 Å². The minimum absolute atomic E-state index is 0.208. The maximum atomic E-state index is 10.5. The van der Waals surface area contributed by atoms with Gasteiger partial charge in [-0.3, -0.25) is 9.98 Å². The fraction of sp³-hybridized carbons (Fsp3) is 0.143. The lowest BCUT2D eigenvalue weighted by Crippen LogP contribution is -2.19. The molecule has 43 heavy (non-hydrogen) atoms. The Balaban J connectivity index is 1.10. The predicted octanol–water partition coefficient (Wildman–Crippen LogP) is 10.6. The van der Waals surface area contributed by atoms with E-state index < -0.39 is 0 Å². The zero-order valence-corrected chi connectivity index (χ0v) is 27.0. The van der Waals surface area contributed by atoms with Gasteiger partial charge in [-0.15, -0.1) is 45.3 Å². The van der Waals surface area contributed by atoms with Crippen molar-refractivity contribution >= 4 is 57.8 Å². The Bertz CT molecular complexity index is 1740. The molecule has 216 valence electrons. The van der Waals surface area contributed by atoms with Gasteiger partial charge in [-0.25, -0.2) is 0 Å². The molecule has 8 heteroatoms. The van der Waals surface area contributed by atoms with Gasteiger partial charge < -0.3 is 10.2 Å². The van der Waals surface area contributed by atoms with Crippen molar-refractivity contribution < 1.29 is 10.2 Å². The Hall–Kier alpha value is -3.82. The second-order valence-corrected chi connectivity index (χ2v) is 15.0. The van der Waals surface area contributed by atoms with Crippen LogP contribution in [0, 0.1) is 5.41 Å². The molecule has 0 aliphatic heterocycles. The van der Waals surface area contributed by atoms with E-state index in [-0.39, 0.29) is 16.9 Å². The number of phenols is 2. The Morgan fingerprint density at radius 2 is 1.02 bits per heavy atom. The number of benzene rings is 2. The van der Waals surface area contributed by atoms with Crippen LogP contribution < -0.4 is 0 Å². The predicted molar refractivity (Wildman–Crippen MR) is 188 cm³/mol. The Morgan fingerprint density at radius 3 is 1.44 bits per heavy atom. The standard InChI is InChI=1S/C35H30N2O2S4/c1-35(2,21-36-19-25-17-23(7-9-27(25)38)29-11-13-33(42-29)31-5-3-15-40-31)22-37-20-26-18-24(8-10-28(26)39)30-12-14-34(43-30)32-6-4-16-41-32/h3-20,38-39H,21-22H2,1-2H3. The van der Waals surface area contributed by atoms with Crippen molar-refractivity contribution in [1.82, 2.24) is 0 Å². The van der Waals surface area contributed by atoms with Gasteiger partial charge in [0, 0.05) is 71.3 Å². The molecule has 0 unspecified atom stereocenters. The molecule has 4 heterocycles. The number of hydrogen-bond acceptors (Lipinski definition) is 8. The highest BCUT2D eigenvalue weighted by molar-refractivity contribution is 7.23. The van der Waals surface area contributed by atoms with Crippen LogP contribution in [0.3, 0.4) is 0 Å². The third-order valence-corrected chi connectivity index (χ3v) is 11.3. The monoisotopic (exact) mass is 638 g/mol. The summed E-state index contributed by atoms with van der Waals surface area (Å²) in [5, 5.41) is 25.1. The number of aromatic hydroxyl groups is 2. The molecule has 2 N–H and O–H groups in total. The summed E-state index contributed by atoms with van der Waals surface area (Å²) in [6.45, 7) is 5.32. The number of rotatable bonds is 10. The SMILES string of the molecule is CC(C)(CN=Cc1cc(-c2ccc(-c3cccs3)s2)ccc1O)CN=Cc1cc(-c2ccc(-c3cccs3)s2)ccc1O. The zero-order chi connectivity index (χ0) is 29.8. The van der Waals surface area contributed by atoms with Crippen molar-refractivity contribution in [2.24, 2.45) is 15.4 Å². The van der Waals surface area contributed by atoms with Crippen LogP contribution in [0.1, 0.15) is 25.0 Å². The van der Waals surface area contributed by atoms with Crippen molar-refractivity contribution in [1.29, 1.82) is 0 Å². The molecule has 0 bridgehead atoms. The molecule has 0 aliphatic rings. The van der Waals surface area contributed by atoms with E-state index in [4.69, 9.17) is 0 Å². The van der Waals surface area contributed by atoms with E-state index in [2.05, 4.69) is 83.1 Å². The van der Waals surface area contributed by atoms with E-state index in [9.17, 15) is 10.2 Å². The first-order chi connectivity index (χ1) is 20.8. The second kappa shape index (κ2) is 12.8.